The zero-order valence-electron chi connectivity index (χ0n) is 9.04. The topological polar surface area (TPSA) is 102 Å². The van der Waals surface area contributed by atoms with E-state index in [-0.39, 0.29) is 18.8 Å². The lowest BCUT2D eigenvalue weighted by atomic mass is 9.92. The van der Waals surface area contributed by atoms with Crippen LogP contribution in [0.15, 0.2) is 30.3 Å². The zero-order valence-corrected chi connectivity index (χ0v) is 9.80. The van der Waals surface area contributed by atoms with Crippen molar-refractivity contribution >= 4 is 11.9 Å². The van der Waals surface area contributed by atoms with Crippen molar-refractivity contribution in [2.45, 2.75) is 18.4 Å². The predicted molar refractivity (Wildman–Crippen MR) is 55.7 cm³/mol. The Morgan fingerprint density at radius 2 is 1.65 bits per heavy atom. The van der Waals surface area contributed by atoms with Crippen LogP contribution in [0.1, 0.15) is 17.9 Å². The average molecular weight is 260 g/mol. The third kappa shape index (κ3) is 4.42. The molecular weight excluding hydrogens is 246 g/mol. The van der Waals surface area contributed by atoms with E-state index in [1.54, 1.807) is 30.3 Å². The second-order valence-electron chi connectivity index (χ2n) is 3.57. The van der Waals surface area contributed by atoms with Crippen LogP contribution in [0, 0.1) is 0 Å². The molecule has 1 rings (SSSR count). The summed E-state index contributed by atoms with van der Waals surface area (Å²) in [5.74, 6) is -2.93. The first kappa shape index (κ1) is 15.4. The van der Waals surface area contributed by atoms with E-state index >= 15 is 0 Å². The Kier molecular flexibility index (Phi) is 6.23. The van der Waals surface area contributed by atoms with Gasteiger partial charge in [0.15, 0.2) is 6.04 Å². The Morgan fingerprint density at radius 3 is 2.06 bits per heavy atom. The predicted octanol–water partition coefficient (Wildman–Crippen LogP) is -3.06. The summed E-state index contributed by atoms with van der Waals surface area (Å²) in [5.41, 5.74) is 4.02. The van der Waals surface area contributed by atoms with Gasteiger partial charge in [-0.2, -0.15) is 0 Å². The maximum Gasteiger partial charge on any atom is 0.362 e. The molecule has 94 valence electrons. The van der Waals surface area contributed by atoms with Crippen LogP contribution in [0.25, 0.3) is 0 Å². The van der Waals surface area contributed by atoms with Gasteiger partial charge < -0.3 is 28.4 Å². The average Bonchev–Trinajstić information content (AvgIpc) is 2.26. The molecule has 0 fully saturated rings. The van der Waals surface area contributed by atoms with Gasteiger partial charge in [0.05, 0.1) is 5.92 Å². The van der Waals surface area contributed by atoms with Crippen molar-refractivity contribution in [3.63, 3.8) is 0 Å². The highest BCUT2D eigenvalue weighted by Gasteiger charge is 2.27. The van der Waals surface area contributed by atoms with Crippen LogP contribution in [-0.4, -0.2) is 28.2 Å². The lowest BCUT2D eigenvalue weighted by Crippen LogP contribution is -3.00. The fourth-order valence-corrected chi connectivity index (χ4v) is 1.45. The van der Waals surface area contributed by atoms with Crippen molar-refractivity contribution in [1.29, 1.82) is 0 Å². The second kappa shape index (κ2) is 6.88. The Balaban J connectivity index is 0.00000256. The van der Waals surface area contributed by atoms with E-state index in [9.17, 15) is 9.59 Å². The Morgan fingerprint density at radius 1 is 1.12 bits per heavy atom. The first-order valence-corrected chi connectivity index (χ1v) is 4.86. The van der Waals surface area contributed by atoms with Gasteiger partial charge in [-0.1, -0.05) is 30.3 Å². The van der Waals surface area contributed by atoms with Gasteiger partial charge in [-0.25, -0.2) is 4.79 Å². The van der Waals surface area contributed by atoms with Crippen LogP contribution in [-0.2, 0) is 9.59 Å². The van der Waals surface area contributed by atoms with E-state index in [2.05, 4.69) is 5.73 Å². The van der Waals surface area contributed by atoms with Crippen molar-refractivity contribution in [2.75, 3.05) is 0 Å². The molecular formula is C11H14ClNO4. The molecule has 6 heteroatoms. The molecule has 0 aliphatic carbocycles. The SMILES string of the molecule is [Cl-].[NH3+][C@H](C[C@@H](C(=O)O)c1ccccc1)C(=O)O. The summed E-state index contributed by atoms with van der Waals surface area (Å²) in [6, 6.07) is 7.66. The highest BCUT2D eigenvalue weighted by atomic mass is 35.5. The normalized spacial score (nSPS) is 13.2. The van der Waals surface area contributed by atoms with Crippen LogP contribution in [0.5, 0.6) is 0 Å². The van der Waals surface area contributed by atoms with Gasteiger partial charge in [-0.15, -0.1) is 0 Å². The molecule has 0 saturated carbocycles. The Hall–Kier alpha value is -1.59. The first-order valence-electron chi connectivity index (χ1n) is 4.86. The van der Waals surface area contributed by atoms with Gasteiger partial charge in [0, 0.05) is 6.42 Å². The molecule has 0 unspecified atom stereocenters. The van der Waals surface area contributed by atoms with Crippen LogP contribution >= 0.6 is 0 Å². The van der Waals surface area contributed by atoms with Crippen LogP contribution in [0.3, 0.4) is 0 Å². The molecule has 5 N–H and O–H groups in total. The first-order chi connectivity index (χ1) is 7.52. The maximum absolute atomic E-state index is 11.0. The molecule has 0 aromatic heterocycles. The third-order valence-electron chi connectivity index (χ3n) is 2.37. The van der Waals surface area contributed by atoms with Gasteiger partial charge in [0.25, 0.3) is 0 Å². The molecule has 1 aromatic carbocycles. The summed E-state index contributed by atoms with van der Waals surface area (Å²) in [6.07, 6.45) is -0.00528. The van der Waals surface area contributed by atoms with E-state index in [4.69, 9.17) is 10.2 Å². The molecule has 0 amide bonds. The van der Waals surface area contributed by atoms with E-state index in [1.165, 1.54) is 0 Å². The molecule has 0 spiro atoms. The molecule has 0 heterocycles. The number of halogens is 1. The molecule has 0 aliphatic heterocycles. The lowest BCUT2D eigenvalue weighted by Gasteiger charge is -2.13. The summed E-state index contributed by atoms with van der Waals surface area (Å²) < 4.78 is 0. The van der Waals surface area contributed by atoms with Crippen LogP contribution < -0.4 is 18.1 Å². The summed E-state index contributed by atoms with van der Waals surface area (Å²) >= 11 is 0. The minimum Gasteiger partial charge on any atom is -1.00 e. The number of hydrogen-bond donors (Lipinski definition) is 3. The quantitative estimate of drug-likeness (QED) is 0.523. The van der Waals surface area contributed by atoms with Gasteiger partial charge >= 0.3 is 11.9 Å². The minimum absolute atomic E-state index is 0. The molecule has 1 aromatic rings. The zero-order chi connectivity index (χ0) is 12.1. The number of carboxylic acid groups (broad SMARTS) is 2. The van der Waals surface area contributed by atoms with Crippen molar-refractivity contribution < 1.29 is 37.9 Å². The minimum atomic E-state index is -1.08. The molecule has 0 aliphatic rings. The van der Waals surface area contributed by atoms with Crippen LogP contribution in [0.4, 0.5) is 0 Å². The number of carbonyl (C=O) groups is 2. The number of benzene rings is 1. The molecule has 0 radical (unpaired) electrons. The highest BCUT2D eigenvalue weighted by molar-refractivity contribution is 5.78. The third-order valence-corrected chi connectivity index (χ3v) is 2.37. The van der Waals surface area contributed by atoms with E-state index in [0.717, 1.165) is 0 Å². The highest BCUT2D eigenvalue weighted by Crippen LogP contribution is 2.20. The summed E-state index contributed by atoms with van der Waals surface area (Å²) in [4.78, 5) is 21.7. The monoisotopic (exact) mass is 259 g/mol. The van der Waals surface area contributed by atoms with Gasteiger partial charge in [0.2, 0.25) is 0 Å². The number of carboxylic acids is 2. The van der Waals surface area contributed by atoms with Gasteiger partial charge in [0.1, 0.15) is 0 Å². The lowest BCUT2D eigenvalue weighted by molar-refractivity contribution is -0.409. The summed E-state index contributed by atoms with van der Waals surface area (Å²) in [7, 11) is 0. The smallest absolute Gasteiger partial charge is 0.362 e. The summed E-state index contributed by atoms with van der Waals surface area (Å²) in [5, 5.41) is 17.7. The number of rotatable bonds is 5. The van der Waals surface area contributed by atoms with E-state index in [1.807, 2.05) is 0 Å². The number of quaternary nitrogens is 1. The van der Waals surface area contributed by atoms with Gasteiger partial charge in [-0.05, 0) is 5.56 Å². The van der Waals surface area contributed by atoms with Crippen molar-refractivity contribution in [1.82, 2.24) is 0 Å². The fourth-order valence-electron chi connectivity index (χ4n) is 1.45. The van der Waals surface area contributed by atoms with E-state index in [0.29, 0.717) is 5.56 Å². The molecule has 17 heavy (non-hydrogen) atoms. The van der Waals surface area contributed by atoms with Gasteiger partial charge in [-0.3, -0.25) is 4.79 Å². The fraction of sp³-hybridized carbons (Fsp3) is 0.273. The Labute approximate surface area is 105 Å². The van der Waals surface area contributed by atoms with Crippen molar-refractivity contribution in [2.24, 2.45) is 0 Å². The Bertz CT molecular complexity index is 382. The van der Waals surface area contributed by atoms with E-state index < -0.39 is 23.9 Å². The van der Waals surface area contributed by atoms with Crippen molar-refractivity contribution in [3.05, 3.63) is 35.9 Å². The summed E-state index contributed by atoms with van der Waals surface area (Å²) in [6.45, 7) is 0. The number of hydrogen-bond acceptors (Lipinski definition) is 2. The molecule has 0 bridgehead atoms. The van der Waals surface area contributed by atoms with Crippen LogP contribution in [0.2, 0.25) is 0 Å². The second-order valence-corrected chi connectivity index (χ2v) is 3.57. The standard InChI is InChI=1S/C11H13NO4.ClH/c12-9(11(15)16)6-8(10(13)14)7-4-2-1-3-5-7;/h1-5,8-9H,6,12H2,(H,13,14)(H,15,16);1H/t8-,9-;/m1./s1. The molecule has 5 nitrogen and oxygen atoms in total. The molecule has 2 atom stereocenters. The molecule has 0 saturated heterocycles. The maximum atomic E-state index is 11.0. The number of aliphatic carboxylic acids is 2. The largest absolute Gasteiger partial charge is 1.00 e. The van der Waals surface area contributed by atoms with Crippen molar-refractivity contribution in [3.8, 4) is 0 Å².